The molecule has 9 rings (SSSR count). The third kappa shape index (κ3) is 37.5. The van der Waals surface area contributed by atoms with Crippen molar-refractivity contribution in [3.8, 4) is 0 Å². The fourth-order valence-corrected chi connectivity index (χ4v) is 13.4. The lowest BCUT2D eigenvalue weighted by atomic mass is 9.71. The average molecular weight is 1610 g/mol. The van der Waals surface area contributed by atoms with E-state index >= 15 is 0 Å². The Morgan fingerprint density at radius 2 is 0.650 bits per heavy atom. The van der Waals surface area contributed by atoms with Gasteiger partial charge in [0, 0.05) is 128 Å². The maximum Gasteiger partial charge on any atom is 0.0549 e. The second-order valence-electron chi connectivity index (χ2n) is 53.1. The summed E-state index contributed by atoms with van der Waals surface area (Å²) >= 11 is 0. The van der Waals surface area contributed by atoms with Gasteiger partial charge in [0.1, 0.15) is 0 Å². The van der Waals surface area contributed by atoms with E-state index in [0.717, 1.165) is 44.9 Å². The van der Waals surface area contributed by atoms with Crippen molar-refractivity contribution < 1.29 is 0 Å². The normalized spacial score (nSPS) is 19.2. The summed E-state index contributed by atoms with van der Waals surface area (Å²) in [4.78, 5) is 13.7. The van der Waals surface area contributed by atoms with E-state index in [1.165, 1.54) is 74.5 Å². The minimum atomic E-state index is 0.133. The third-order valence-corrected chi connectivity index (χ3v) is 22.5. The Balaban J connectivity index is 0.000000658. The molecule has 1 atom stereocenters. The smallest absolute Gasteiger partial charge is 0.0549 e. The van der Waals surface area contributed by atoms with Gasteiger partial charge in [0.25, 0.3) is 0 Å². The lowest BCUT2D eigenvalue weighted by Gasteiger charge is -2.31. The largest absolute Gasteiger partial charge is 0.265 e. The molecule has 0 aromatic heterocycles. The van der Waals surface area contributed by atoms with Crippen LogP contribution in [0, 0.1) is 103 Å². The minimum Gasteiger partial charge on any atom is -0.265 e. The van der Waals surface area contributed by atoms with Crippen LogP contribution in [-0.2, 0) is 0 Å². The Labute approximate surface area is 727 Å². The van der Waals surface area contributed by atoms with Gasteiger partial charge in [-0.2, -0.15) is 30.6 Å². The van der Waals surface area contributed by atoms with Crippen molar-refractivity contribution in [2.75, 3.05) is 0 Å². The molecule has 0 fully saturated rings. The molecule has 0 amide bonds. The summed E-state index contributed by atoms with van der Waals surface area (Å²) in [6.07, 6.45) is 31.0. The molecule has 0 bridgehead atoms. The van der Waals surface area contributed by atoms with Crippen LogP contribution in [0.3, 0.4) is 0 Å². The summed E-state index contributed by atoms with van der Waals surface area (Å²) < 4.78 is 0. The molecular weight excluding hydrogens is 1420 g/mol. The van der Waals surface area contributed by atoms with Gasteiger partial charge in [-0.3, -0.25) is 15.0 Å². The summed E-state index contributed by atoms with van der Waals surface area (Å²) in [6.45, 7) is 121. The molecule has 0 radical (unpaired) electrons. The number of hydrogen-bond donors (Lipinski definition) is 0. The monoisotopic (exact) mass is 1610 g/mol. The second-order valence-corrected chi connectivity index (χ2v) is 53.1. The first-order valence-electron chi connectivity index (χ1n) is 44.9. The van der Waals surface area contributed by atoms with Crippen LogP contribution in [0.2, 0.25) is 0 Å². The predicted molar refractivity (Wildman–Crippen MR) is 531 cm³/mol. The molecule has 0 N–H and O–H groups in total. The zero-order valence-corrected chi connectivity index (χ0v) is 87.5. The summed E-state index contributed by atoms with van der Waals surface area (Å²) in [5.41, 5.74) is 27.8. The van der Waals surface area contributed by atoms with E-state index in [1.807, 2.05) is 12.4 Å². The predicted octanol–water partition coefficient (Wildman–Crippen LogP) is 34.1. The van der Waals surface area contributed by atoms with Gasteiger partial charge in [-0.15, -0.1) is 0 Å². The van der Waals surface area contributed by atoms with Crippen LogP contribution in [0.1, 0.15) is 425 Å². The fraction of sp³-hybridized carbons (Fsp3) is 0.750. The summed E-state index contributed by atoms with van der Waals surface area (Å²) in [6, 6.07) is 0. The first-order chi connectivity index (χ1) is 51.4. The van der Waals surface area contributed by atoms with Crippen LogP contribution >= 0.6 is 0 Å². The molecule has 6 aliphatic heterocycles. The molecule has 9 aliphatic rings. The van der Waals surface area contributed by atoms with Gasteiger partial charge in [0.15, 0.2) is 0 Å². The summed E-state index contributed by atoms with van der Waals surface area (Å²) in [7, 11) is 0. The first-order valence-corrected chi connectivity index (χ1v) is 44.9. The van der Waals surface area contributed by atoms with E-state index in [2.05, 4.69) is 463 Å². The zero-order valence-electron chi connectivity index (χ0n) is 87.5. The van der Waals surface area contributed by atoms with Crippen LogP contribution in [0.4, 0.5) is 0 Å². The lowest BCUT2D eigenvalue weighted by molar-refractivity contribution is 0.367. The molecule has 117 heavy (non-hydrogen) atoms. The lowest BCUT2D eigenvalue weighted by Crippen LogP contribution is -2.35. The van der Waals surface area contributed by atoms with Crippen LogP contribution in [-0.4, -0.2) is 52.4 Å². The van der Waals surface area contributed by atoms with Crippen LogP contribution < -0.4 is 0 Å². The SMILES string of the molecule is CC(C)(C)C1=C(C(C)(C)C)N=CC1.CC(C)(C)C1=CC=C(C(C)(C)C)C1.CC(C)(C)C1=CCC(C(C)(C)C)=C1.CC(C)(C)C1=CCC(C(C)(C)C)=N1.CC(C)(C)C1=CCC=C1C(C)(C)C.CC(C)(C)C1=CN=C(C(C)(C)C)C1.CC(C)(C)C1=NN=C(C(C)(C)C)C1.CC(C)(C)C1=NN=C(C(C)(C)C)C1.CC(C)(C)C1=NN=CC1C(C)(C)C. The molecule has 9 nitrogen and oxygen atoms in total. The molecule has 0 saturated heterocycles. The second kappa shape index (κ2) is 39.5. The van der Waals surface area contributed by atoms with Crippen molar-refractivity contribution in [3.63, 3.8) is 0 Å². The zero-order chi connectivity index (χ0) is 92.5. The van der Waals surface area contributed by atoms with Gasteiger partial charge < -0.3 is 0 Å². The highest BCUT2D eigenvalue weighted by atomic mass is 15.2. The van der Waals surface area contributed by atoms with E-state index < -0.39 is 0 Å². The molecule has 1 unspecified atom stereocenters. The summed E-state index contributed by atoms with van der Waals surface area (Å²) in [5.74, 6) is 0.396. The molecule has 9 heteroatoms. The maximum absolute atomic E-state index is 4.71. The van der Waals surface area contributed by atoms with Gasteiger partial charge in [-0.1, -0.05) is 433 Å². The Morgan fingerprint density at radius 1 is 0.282 bits per heavy atom. The van der Waals surface area contributed by atoms with Crippen LogP contribution in [0.5, 0.6) is 0 Å². The number of rotatable bonds is 0. The molecule has 0 spiro atoms. The number of allylic oxidation sites excluding steroid dienone is 17. The molecule has 6 heterocycles. The molecule has 3 aliphatic carbocycles. The average Bonchev–Trinajstić information content (AvgIpc) is 1.68. The standard InChI is InChI=1S/3C13H22.3C12H21N.3C11H20N2/c2*1-12(2,3)10-7-8-11(9-10)13(4,5)6;1-12(2,3)10-8-7-9-11(10)13(4,5)6;1-11(2,3)9-7-10(13-8-9)12(4,5)6;1-11(2,3)9-7-8-13-10(9)12(4,5)6;1-11(2,3)9-7-8-10(13-9)12(4,5)6;1-10(2,3)8-7-12-13-9(8)11(4,5)6;2*1-10(2,3)8-7-9(13-12-8)11(4,5)6/h7,9H,8H2,1-6H3;7-8H,9H2,1-6H3;8-9H,7H2,1-6H3;2*8H,7H2,1-6H3;7H,8H2,1-6H3;7-8H,1-6H3;2*7H2,1-6H3. The van der Waals surface area contributed by atoms with Crippen molar-refractivity contribution in [2.24, 2.45) is 149 Å². The Bertz CT molecular complexity index is 3510. The van der Waals surface area contributed by atoms with E-state index in [-0.39, 0.29) is 65.0 Å². The van der Waals surface area contributed by atoms with E-state index in [0.29, 0.717) is 38.4 Å². The Kier molecular flexibility index (Phi) is 37.0. The highest BCUT2D eigenvalue weighted by Gasteiger charge is 2.39. The molecule has 0 saturated carbocycles. The molecule has 0 aromatic carbocycles. The molecule has 0 aromatic rings. The Hall–Kier alpha value is -5.31. The Morgan fingerprint density at radius 3 is 0.855 bits per heavy atom. The van der Waals surface area contributed by atoms with Crippen molar-refractivity contribution in [1.29, 1.82) is 0 Å². The summed E-state index contributed by atoms with van der Waals surface area (Å²) in [5, 5.41) is 25.3. The van der Waals surface area contributed by atoms with Crippen LogP contribution in [0.25, 0.3) is 0 Å². The highest BCUT2D eigenvalue weighted by molar-refractivity contribution is 6.12. The van der Waals surface area contributed by atoms with Gasteiger partial charge >= 0.3 is 0 Å². The van der Waals surface area contributed by atoms with Crippen molar-refractivity contribution in [1.82, 2.24) is 0 Å². The number of nitrogens with zero attached hydrogens (tertiary/aromatic N) is 9. The van der Waals surface area contributed by atoms with Gasteiger partial charge in [0.05, 0.1) is 28.6 Å². The maximum atomic E-state index is 4.71. The molecular formula is C108H189N9. The van der Waals surface area contributed by atoms with Gasteiger partial charge in [0.2, 0.25) is 0 Å². The van der Waals surface area contributed by atoms with Crippen molar-refractivity contribution >= 4 is 52.4 Å². The van der Waals surface area contributed by atoms with E-state index in [9.17, 15) is 0 Å². The highest BCUT2D eigenvalue weighted by Crippen LogP contribution is 2.47. The number of aliphatic imine (C=N–C) groups is 3. The topological polar surface area (TPSA) is 111 Å². The fourth-order valence-electron chi connectivity index (χ4n) is 13.4. The van der Waals surface area contributed by atoms with Crippen molar-refractivity contribution in [3.05, 3.63) is 105 Å². The minimum absolute atomic E-state index is 0.133. The van der Waals surface area contributed by atoms with E-state index in [4.69, 9.17) is 4.99 Å². The van der Waals surface area contributed by atoms with Crippen molar-refractivity contribution in [2.45, 2.75) is 425 Å². The number of hydrogen-bond acceptors (Lipinski definition) is 9. The van der Waals surface area contributed by atoms with Gasteiger partial charge in [-0.25, -0.2) is 0 Å². The quantitative estimate of drug-likeness (QED) is 0.230. The molecule has 666 valence electrons. The van der Waals surface area contributed by atoms with Gasteiger partial charge in [-0.05, 0) is 95.9 Å². The first kappa shape index (κ1) is 110. The van der Waals surface area contributed by atoms with Crippen LogP contribution in [0.15, 0.2) is 150 Å². The van der Waals surface area contributed by atoms with E-state index in [1.54, 1.807) is 27.9 Å². The third-order valence-electron chi connectivity index (χ3n) is 22.5.